The van der Waals surface area contributed by atoms with Gasteiger partial charge in [0, 0.05) is 31.5 Å². The number of rotatable bonds is 15. The van der Waals surface area contributed by atoms with Gasteiger partial charge in [-0.1, -0.05) is 23.7 Å². The molecule has 1 atom stereocenters. The van der Waals surface area contributed by atoms with Crippen molar-refractivity contribution in [2.75, 3.05) is 39.5 Å². The topological polar surface area (TPSA) is 94.5 Å². The van der Waals surface area contributed by atoms with E-state index in [9.17, 15) is 23.5 Å². The van der Waals surface area contributed by atoms with Crippen LogP contribution in [0.1, 0.15) is 19.4 Å². The molecule has 0 aliphatic heterocycles. The third-order valence-electron chi connectivity index (χ3n) is 4.76. The van der Waals surface area contributed by atoms with Crippen molar-refractivity contribution in [1.82, 2.24) is 4.90 Å². The van der Waals surface area contributed by atoms with Gasteiger partial charge in [-0.3, -0.25) is 0 Å². The van der Waals surface area contributed by atoms with Crippen LogP contribution in [0.3, 0.4) is 0 Å². The quantitative estimate of drug-likeness (QED) is 0.327. The van der Waals surface area contributed by atoms with Gasteiger partial charge in [0.1, 0.15) is 24.7 Å². The number of hydrogen-bond donors (Lipinski definition) is 1. The maximum Gasteiger partial charge on any atom is 0.415 e. The molecule has 2 aromatic rings. The fraction of sp³-hybridized carbons (Fsp3) is 0.440. The largest absolute Gasteiger partial charge is 0.492 e. The summed E-state index contributed by atoms with van der Waals surface area (Å²) in [4.78, 5) is 25.2. The molecule has 0 spiro atoms. The zero-order valence-electron chi connectivity index (χ0n) is 20.1. The van der Waals surface area contributed by atoms with E-state index < -0.39 is 30.7 Å². The Morgan fingerprint density at radius 3 is 2.22 bits per heavy atom. The molecule has 0 aromatic heterocycles. The van der Waals surface area contributed by atoms with E-state index in [1.165, 1.54) is 17.0 Å². The molecule has 0 fully saturated rings. The Hall–Kier alpha value is -2.95. The van der Waals surface area contributed by atoms with Gasteiger partial charge in [0.15, 0.2) is 6.10 Å². The number of ether oxygens (including phenoxy) is 4. The highest BCUT2D eigenvalue weighted by molar-refractivity contribution is 6.30. The van der Waals surface area contributed by atoms with E-state index in [2.05, 4.69) is 0 Å². The molecule has 0 heterocycles. The number of hydrogen-bond acceptors (Lipinski definition) is 6. The van der Waals surface area contributed by atoms with Gasteiger partial charge >= 0.3 is 12.1 Å². The van der Waals surface area contributed by atoms with Crippen LogP contribution in [0.15, 0.2) is 48.5 Å². The van der Waals surface area contributed by atoms with Crippen molar-refractivity contribution < 1.29 is 42.4 Å². The van der Waals surface area contributed by atoms with Crippen LogP contribution in [0, 0.1) is 0 Å². The van der Waals surface area contributed by atoms with Crippen molar-refractivity contribution in [2.24, 2.45) is 0 Å². The Morgan fingerprint density at radius 1 is 1.03 bits per heavy atom. The first kappa shape index (κ1) is 29.3. The van der Waals surface area contributed by atoms with E-state index in [0.717, 1.165) is 12.5 Å². The van der Waals surface area contributed by atoms with Gasteiger partial charge in [-0.25, -0.2) is 18.4 Å². The summed E-state index contributed by atoms with van der Waals surface area (Å²) >= 11 is 5.84. The zero-order valence-corrected chi connectivity index (χ0v) is 20.9. The van der Waals surface area contributed by atoms with Crippen molar-refractivity contribution in [2.45, 2.75) is 32.3 Å². The Kier molecular flexibility index (Phi) is 11.9. The molecule has 36 heavy (non-hydrogen) atoms. The van der Waals surface area contributed by atoms with Crippen LogP contribution in [0.4, 0.5) is 13.6 Å². The third-order valence-corrected chi connectivity index (χ3v) is 5.01. The molecule has 2 rings (SSSR count). The van der Waals surface area contributed by atoms with E-state index in [1.807, 2.05) is 0 Å². The first-order valence-electron chi connectivity index (χ1n) is 11.3. The number of benzene rings is 2. The van der Waals surface area contributed by atoms with Gasteiger partial charge in [-0.05, 0) is 48.9 Å². The fourth-order valence-electron chi connectivity index (χ4n) is 3.02. The van der Waals surface area contributed by atoms with E-state index in [-0.39, 0.29) is 38.5 Å². The van der Waals surface area contributed by atoms with E-state index in [4.69, 9.17) is 30.5 Å². The molecular weight excluding hydrogens is 500 g/mol. The maximum atomic E-state index is 13.0. The van der Waals surface area contributed by atoms with Crippen molar-refractivity contribution in [3.8, 4) is 11.5 Å². The smallest absolute Gasteiger partial charge is 0.415 e. The Morgan fingerprint density at radius 2 is 1.64 bits per heavy atom. The molecule has 1 amide bonds. The van der Waals surface area contributed by atoms with Gasteiger partial charge in [0.2, 0.25) is 0 Å². The van der Waals surface area contributed by atoms with Crippen LogP contribution in [0.5, 0.6) is 11.5 Å². The highest BCUT2D eigenvalue weighted by Gasteiger charge is 2.22. The van der Waals surface area contributed by atoms with E-state index >= 15 is 0 Å². The van der Waals surface area contributed by atoms with Crippen LogP contribution in [-0.4, -0.2) is 73.6 Å². The van der Waals surface area contributed by atoms with Gasteiger partial charge in [-0.15, -0.1) is 0 Å². The van der Waals surface area contributed by atoms with Crippen LogP contribution < -0.4 is 9.47 Å². The Balaban J connectivity index is 1.92. The summed E-state index contributed by atoms with van der Waals surface area (Å²) in [6.07, 6.45) is -1.42. The maximum absolute atomic E-state index is 13.0. The number of aliphatic carboxylic acids is 1. The first-order chi connectivity index (χ1) is 17.1. The van der Waals surface area contributed by atoms with Crippen molar-refractivity contribution in [1.29, 1.82) is 0 Å². The number of alkyl halides is 2. The molecule has 0 aliphatic carbocycles. The number of amides is 1. The third kappa shape index (κ3) is 11.2. The zero-order chi connectivity index (χ0) is 26.6. The molecule has 0 bridgehead atoms. The minimum absolute atomic E-state index is 0.0127. The van der Waals surface area contributed by atoms with Gasteiger partial charge < -0.3 is 29.0 Å². The minimum atomic E-state index is -2.98. The highest BCUT2D eigenvalue weighted by atomic mass is 35.5. The number of carboxylic acids is 1. The molecule has 11 heteroatoms. The Bertz CT molecular complexity index is 952. The predicted octanol–water partition coefficient (Wildman–Crippen LogP) is 4.92. The normalized spacial score (nSPS) is 12.1. The van der Waals surface area contributed by atoms with Crippen LogP contribution in [-0.2, 0) is 20.7 Å². The molecule has 0 radical (unpaired) electrons. The van der Waals surface area contributed by atoms with Crippen molar-refractivity contribution in [3.63, 3.8) is 0 Å². The second-order valence-corrected chi connectivity index (χ2v) is 8.35. The summed E-state index contributed by atoms with van der Waals surface area (Å²) in [6, 6.07) is 13.0. The van der Waals surface area contributed by atoms with Gasteiger partial charge in [0.25, 0.3) is 5.92 Å². The molecule has 1 N–H and O–H groups in total. The summed E-state index contributed by atoms with van der Waals surface area (Å²) in [7, 11) is 0. The number of carboxylic acid groups (broad SMARTS) is 1. The number of halogens is 3. The lowest BCUT2D eigenvalue weighted by atomic mass is 10.1. The second kappa shape index (κ2) is 14.6. The summed E-state index contributed by atoms with van der Waals surface area (Å²) in [5, 5.41) is 9.69. The lowest BCUT2D eigenvalue weighted by molar-refractivity contribution is -0.149. The molecule has 0 saturated carbocycles. The standard InChI is InChI=1S/C25H30ClF2NO7/c1-3-34-22(23(30)31)16-18-4-8-20(9-5-18)35-15-13-29(12-14-33-17-25(2,27)28)24(32)36-21-10-6-19(26)7-11-21/h4-11,22H,3,12-17H2,1-2H3,(H,30,31). The number of carbonyl (C=O) groups excluding carboxylic acids is 1. The molecule has 2 aromatic carbocycles. The van der Waals surface area contributed by atoms with E-state index in [0.29, 0.717) is 17.4 Å². The Labute approximate surface area is 213 Å². The summed E-state index contributed by atoms with van der Waals surface area (Å²) in [5.74, 6) is -3.22. The van der Waals surface area contributed by atoms with Gasteiger partial charge in [0.05, 0.1) is 13.2 Å². The molecule has 198 valence electrons. The molecular formula is C25H30ClF2NO7. The highest BCUT2D eigenvalue weighted by Crippen LogP contribution is 2.18. The molecule has 8 nitrogen and oxygen atoms in total. The summed E-state index contributed by atoms with van der Waals surface area (Å²) < 4.78 is 47.2. The lowest BCUT2D eigenvalue weighted by Gasteiger charge is -2.22. The first-order valence-corrected chi connectivity index (χ1v) is 11.7. The predicted molar refractivity (Wildman–Crippen MR) is 129 cm³/mol. The monoisotopic (exact) mass is 529 g/mol. The molecule has 0 aliphatic rings. The molecule has 0 saturated heterocycles. The molecule has 1 unspecified atom stereocenters. The van der Waals surface area contributed by atoms with E-state index in [1.54, 1.807) is 43.3 Å². The minimum Gasteiger partial charge on any atom is -0.492 e. The summed E-state index contributed by atoms with van der Waals surface area (Å²) in [5.41, 5.74) is 0.765. The number of carbonyl (C=O) groups is 2. The van der Waals surface area contributed by atoms with Crippen molar-refractivity contribution >= 4 is 23.7 Å². The number of nitrogens with zero attached hydrogens (tertiary/aromatic N) is 1. The SMILES string of the molecule is CCOC(Cc1ccc(OCCN(CCOCC(C)(F)F)C(=O)Oc2ccc(Cl)cc2)cc1)C(=O)O. The fourth-order valence-corrected chi connectivity index (χ4v) is 3.14. The van der Waals surface area contributed by atoms with Crippen LogP contribution >= 0.6 is 11.6 Å². The average molecular weight is 530 g/mol. The van der Waals surface area contributed by atoms with Crippen molar-refractivity contribution in [3.05, 3.63) is 59.1 Å². The lowest BCUT2D eigenvalue weighted by Crippen LogP contribution is -2.39. The van der Waals surface area contributed by atoms with Gasteiger partial charge in [-0.2, -0.15) is 0 Å². The van der Waals surface area contributed by atoms with Crippen LogP contribution in [0.25, 0.3) is 0 Å². The van der Waals surface area contributed by atoms with Crippen LogP contribution in [0.2, 0.25) is 5.02 Å². The summed E-state index contributed by atoms with van der Waals surface area (Å²) in [6.45, 7) is 2.10. The average Bonchev–Trinajstić information content (AvgIpc) is 2.82. The second-order valence-electron chi connectivity index (χ2n) is 7.91.